The lowest BCUT2D eigenvalue weighted by Gasteiger charge is -2.35. The zero-order valence-electron chi connectivity index (χ0n) is 12.8. The fourth-order valence-electron chi connectivity index (χ4n) is 3.45. The summed E-state index contributed by atoms with van der Waals surface area (Å²) < 4.78 is 5.80. The van der Waals surface area contributed by atoms with Gasteiger partial charge in [0.2, 0.25) is 0 Å². The number of morpholine rings is 1. The van der Waals surface area contributed by atoms with Crippen LogP contribution in [0.15, 0.2) is 0 Å². The minimum Gasteiger partial charge on any atom is -0.372 e. The molecule has 0 radical (unpaired) electrons. The maximum absolute atomic E-state index is 6.35. The molecule has 1 saturated heterocycles. The van der Waals surface area contributed by atoms with Crippen LogP contribution in [0.1, 0.15) is 50.7 Å². The zero-order valence-corrected chi connectivity index (χ0v) is 13.7. The van der Waals surface area contributed by atoms with E-state index in [1.807, 2.05) is 0 Å². The molecule has 0 aromatic carbocycles. The van der Waals surface area contributed by atoms with Crippen LogP contribution in [0.5, 0.6) is 0 Å². The van der Waals surface area contributed by atoms with Crippen LogP contribution < -0.4 is 10.6 Å². The lowest BCUT2D eigenvalue weighted by molar-refractivity contribution is -0.00524. The Morgan fingerprint density at radius 2 is 1.95 bits per heavy atom. The van der Waals surface area contributed by atoms with E-state index in [0.29, 0.717) is 0 Å². The second-order valence-electron chi connectivity index (χ2n) is 7.12. The van der Waals surface area contributed by atoms with Crippen molar-refractivity contribution in [2.75, 3.05) is 18.0 Å². The van der Waals surface area contributed by atoms with Gasteiger partial charge in [-0.2, -0.15) is 0 Å². The molecule has 4 nitrogen and oxygen atoms in total. The number of thiazole rings is 1. The highest BCUT2D eigenvalue weighted by atomic mass is 32.1. The largest absolute Gasteiger partial charge is 0.372 e. The molecule has 0 spiro atoms. The molecule has 1 aliphatic carbocycles. The number of nitrogens with zero attached hydrogens (tertiary/aromatic N) is 2. The first-order valence-corrected chi connectivity index (χ1v) is 8.31. The van der Waals surface area contributed by atoms with Gasteiger partial charge >= 0.3 is 0 Å². The van der Waals surface area contributed by atoms with E-state index in [-0.39, 0.29) is 23.7 Å². The van der Waals surface area contributed by atoms with E-state index in [1.54, 1.807) is 11.3 Å². The molecule has 5 heteroatoms. The molecule has 2 N–H and O–H groups in total. The van der Waals surface area contributed by atoms with Crippen molar-refractivity contribution in [3.63, 3.8) is 0 Å². The molecular weight excluding hydrogens is 270 g/mol. The molecule has 1 fully saturated rings. The summed E-state index contributed by atoms with van der Waals surface area (Å²) in [5.41, 5.74) is 7.84. The van der Waals surface area contributed by atoms with Gasteiger partial charge in [0.15, 0.2) is 5.13 Å². The highest BCUT2D eigenvalue weighted by Gasteiger charge is 2.34. The molecule has 2 aliphatic rings. The van der Waals surface area contributed by atoms with Crippen molar-refractivity contribution >= 4 is 16.5 Å². The van der Waals surface area contributed by atoms with E-state index >= 15 is 0 Å². The number of hydrogen-bond acceptors (Lipinski definition) is 5. The SMILES string of the molecule is CC1CN(c2nc3c(s2)C(N)CC(C)(C)C3)CC(C)O1. The number of nitrogens with two attached hydrogens (primary N) is 1. The van der Waals surface area contributed by atoms with E-state index < -0.39 is 0 Å². The van der Waals surface area contributed by atoms with Crippen LogP contribution in [0.2, 0.25) is 0 Å². The van der Waals surface area contributed by atoms with Crippen molar-refractivity contribution in [2.45, 2.75) is 58.8 Å². The number of hydrogen-bond donors (Lipinski definition) is 1. The highest BCUT2D eigenvalue weighted by Crippen LogP contribution is 2.43. The molecule has 1 aromatic rings. The summed E-state index contributed by atoms with van der Waals surface area (Å²) in [5.74, 6) is 0. The van der Waals surface area contributed by atoms with Crippen molar-refractivity contribution in [3.05, 3.63) is 10.6 Å². The molecule has 2 heterocycles. The summed E-state index contributed by atoms with van der Waals surface area (Å²) in [4.78, 5) is 8.56. The summed E-state index contributed by atoms with van der Waals surface area (Å²) in [6.45, 7) is 10.7. The predicted octanol–water partition coefficient (Wildman–Crippen LogP) is 2.73. The topological polar surface area (TPSA) is 51.4 Å². The van der Waals surface area contributed by atoms with Gasteiger partial charge < -0.3 is 15.4 Å². The van der Waals surface area contributed by atoms with Gasteiger partial charge in [-0.25, -0.2) is 4.98 Å². The first kappa shape index (κ1) is 14.3. The van der Waals surface area contributed by atoms with E-state index in [4.69, 9.17) is 15.5 Å². The Morgan fingerprint density at radius 3 is 2.60 bits per heavy atom. The van der Waals surface area contributed by atoms with Crippen LogP contribution in [0.3, 0.4) is 0 Å². The van der Waals surface area contributed by atoms with Gasteiger partial charge in [-0.3, -0.25) is 0 Å². The van der Waals surface area contributed by atoms with Gasteiger partial charge in [-0.15, -0.1) is 0 Å². The Bertz CT molecular complexity index is 489. The van der Waals surface area contributed by atoms with Crippen molar-refractivity contribution in [1.82, 2.24) is 4.98 Å². The minimum absolute atomic E-state index is 0.149. The summed E-state index contributed by atoms with van der Waals surface area (Å²) in [6.07, 6.45) is 2.63. The van der Waals surface area contributed by atoms with Crippen LogP contribution in [0, 0.1) is 5.41 Å². The third-order valence-corrected chi connectivity index (χ3v) is 5.45. The smallest absolute Gasteiger partial charge is 0.186 e. The Hall–Kier alpha value is -0.650. The Morgan fingerprint density at radius 1 is 1.30 bits per heavy atom. The highest BCUT2D eigenvalue weighted by molar-refractivity contribution is 7.15. The number of anilines is 1. The molecule has 0 amide bonds. The first-order chi connectivity index (χ1) is 9.34. The maximum atomic E-state index is 6.35. The third-order valence-electron chi connectivity index (χ3n) is 4.16. The molecule has 0 saturated carbocycles. The van der Waals surface area contributed by atoms with Crippen molar-refractivity contribution in [2.24, 2.45) is 11.1 Å². The molecule has 0 bridgehead atoms. The second-order valence-corrected chi connectivity index (χ2v) is 8.13. The lowest BCUT2D eigenvalue weighted by atomic mass is 9.77. The predicted molar refractivity (Wildman–Crippen MR) is 83.4 cm³/mol. The number of aromatic nitrogens is 1. The molecule has 20 heavy (non-hydrogen) atoms. The monoisotopic (exact) mass is 295 g/mol. The fraction of sp³-hybridized carbons (Fsp3) is 0.800. The lowest BCUT2D eigenvalue weighted by Crippen LogP contribution is -2.45. The molecule has 1 aliphatic heterocycles. The van der Waals surface area contributed by atoms with Gasteiger partial charge in [0.1, 0.15) is 0 Å². The second kappa shape index (κ2) is 4.97. The average Bonchev–Trinajstić information content (AvgIpc) is 2.69. The number of rotatable bonds is 1. The zero-order chi connectivity index (χ0) is 14.5. The van der Waals surface area contributed by atoms with Gasteiger partial charge in [0, 0.05) is 24.0 Å². The van der Waals surface area contributed by atoms with Crippen LogP contribution in [-0.4, -0.2) is 30.3 Å². The normalized spacial score (nSPS) is 33.0. The number of ether oxygens (including phenoxy) is 1. The van der Waals surface area contributed by atoms with E-state index in [1.165, 1.54) is 10.6 Å². The van der Waals surface area contributed by atoms with E-state index in [0.717, 1.165) is 31.1 Å². The van der Waals surface area contributed by atoms with Gasteiger partial charge in [-0.1, -0.05) is 25.2 Å². The molecule has 1 aromatic heterocycles. The van der Waals surface area contributed by atoms with Crippen molar-refractivity contribution in [1.29, 1.82) is 0 Å². The van der Waals surface area contributed by atoms with E-state index in [9.17, 15) is 0 Å². The van der Waals surface area contributed by atoms with Crippen LogP contribution >= 0.6 is 11.3 Å². The molecule has 3 atom stereocenters. The Kier molecular flexibility index (Phi) is 3.55. The number of fused-ring (bicyclic) bond motifs is 1. The van der Waals surface area contributed by atoms with Crippen LogP contribution in [-0.2, 0) is 11.2 Å². The first-order valence-electron chi connectivity index (χ1n) is 7.50. The minimum atomic E-state index is 0.149. The van der Waals surface area contributed by atoms with Crippen molar-refractivity contribution < 1.29 is 4.74 Å². The van der Waals surface area contributed by atoms with E-state index in [2.05, 4.69) is 32.6 Å². The Balaban J connectivity index is 1.86. The van der Waals surface area contributed by atoms with Crippen LogP contribution in [0.25, 0.3) is 0 Å². The summed E-state index contributed by atoms with van der Waals surface area (Å²) in [5, 5.41) is 1.13. The molecule has 112 valence electrons. The summed E-state index contributed by atoms with van der Waals surface area (Å²) in [6, 6.07) is 0.149. The van der Waals surface area contributed by atoms with Crippen LogP contribution in [0.4, 0.5) is 5.13 Å². The van der Waals surface area contributed by atoms with Gasteiger partial charge in [-0.05, 0) is 32.1 Å². The molecule has 3 unspecified atom stereocenters. The van der Waals surface area contributed by atoms with Gasteiger partial charge in [0.05, 0.1) is 17.9 Å². The molecule has 3 rings (SSSR count). The summed E-state index contributed by atoms with van der Waals surface area (Å²) >= 11 is 1.79. The quantitative estimate of drug-likeness (QED) is 0.865. The average molecular weight is 295 g/mol. The third kappa shape index (κ3) is 2.71. The van der Waals surface area contributed by atoms with Crippen molar-refractivity contribution in [3.8, 4) is 0 Å². The Labute approximate surface area is 125 Å². The molecular formula is C15H25N3OS. The van der Waals surface area contributed by atoms with Gasteiger partial charge in [0.25, 0.3) is 0 Å². The maximum Gasteiger partial charge on any atom is 0.186 e. The standard InChI is InChI=1S/C15H25N3OS/c1-9-7-18(8-10(2)19-9)14-17-12-6-15(3,4)5-11(16)13(12)20-14/h9-11H,5-8,16H2,1-4H3. The fourth-order valence-corrected chi connectivity index (χ4v) is 4.55. The summed E-state index contributed by atoms with van der Waals surface area (Å²) in [7, 11) is 0.